The lowest BCUT2D eigenvalue weighted by molar-refractivity contribution is 0.0246. The Hall–Kier alpha value is -0.0400. The van der Waals surface area contributed by atoms with Crippen LogP contribution in [0, 0.1) is 5.92 Å². The highest BCUT2D eigenvalue weighted by atomic mass is 16.5. The molecule has 0 radical (unpaired) electrons. The summed E-state index contributed by atoms with van der Waals surface area (Å²) >= 11 is 0. The first-order valence-corrected chi connectivity index (χ1v) is 5.98. The fourth-order valence-electron chi connectivity index (χ4n) is 2.32. The van der Waals surface area contributed by atoms with Gasteiger partial charge in [-0.15, -0.1) is 0 Å². The van der Waals surface area contributed by atoms with Crippen molar-refractivity contribution in [3.05, 3.63) is 0 Å². The van der Waals surface area contributed by atoms with Crippen molar-refractivity contribution in [2.45, 2.75) is 64.9 Å². The van der Waals surface area contributed by atoms with E-state index in [9.17, 15) is 0 Å². The van der Waals surface area contributed by atoms with Gasteiger partial charge >= 0.3 is 0 Å². The topological polar surface area (TPSA) is 9.23 Å². The summed E-state index contributed by atoms with van der Waals surface area (Å²) in [5.74, 6) is 1.01. The molecule has 0 unspecified atom stereocenters. The number of hydrogen-bond acceptors (Lipinski definition) is 1. The molecular weight excluding hydrogens is 160 g/mol. The van der Waals surface area contributed by atoms with Crippen LogP contribution in [0.2, 0.25) is 0 Å². The van der Waals surface area contributed by atoms with E-state index >= 15 is 0 Å². The zero-order chi connectivity index (χ0) is 9.52. The van der Waals surface area contributed by atoms with Crippen LogP contribution in [0.25, 0.3) is 0 Å². The van der Waals surface area contributed by atoms with Gasteiger partial charge in [-0.05, 0) is 38.5 Å². The van der Waals surface area contributed by atoms with Gasteiger partial charge in [-0.1, -0.05) is 26.2 Å². The maximum absolute atomic E-state index is 5.64. The van der Waals surface area contributed by atoms with Crippen molar-refractivity contribution < 1.29 is 4.74 Å². The van der Waals surface area contributed by atoms with Gasteiger partial charge in [0.1, 0.15) is 0 Å². The number of unbranched alkanes of at least 4 members (excludes halogenated alkanes) is 1. The molecule has 0 bridgehead atoms. The van der Waals surface area contributed by atoms with Crippen molar-refractivity contribution in [2.24, 2.45) is 5.92 Å². The van der Waals surface area contributed by atoms with Crippen molar-refractivity contribution in [3.63, 3.8) is 0 Å². The normalized spacial score (nSPS) is 29.1. The summed E-state index contributed by atoms with van der Waals surface area (Å²) in [6.45, 7) is 5.28. The molecule has 0 amide bonds. The molecular formula is C12H24O. The first-order chi connectivity index (χ1) is 6.36. The Morgan fingerprint density at radius 3 is 2.31 bits per heavy atom. The summed E-state index contributed by atoms with van der Waals surface area (Å²) in [5, 5.41) is 0. The average Bonchev–Trinajstić information content (AvgIpc) is 2.17. The minimum Gasteiger partial charge on any atom is -0.379 e. The van der Waals surface area contributed by atoms with E-state index < -0.39 is 0 Å². The van der Waals surface area contributed by atoms with Crippen LogP contribution in [0.1, 0.15) is 58.8 Å². The SMILES string of the molecule is CCCCC1CCC(OCC)CC1. The van der Waals surface area contributed by atoms with Gasteiger partial charge in [0.25, 0.3) is 0 Å². The van der Waals surface area contributed by atoms with E-state index in [2.05, 4.69) is 13.8 Å². The van der Waals surface area contributed by atoms with E-state index in [-0.39, 0.29) is 0 Å². The van der Waals surface area contributed by atoms with Crippen LogP contribution >= 0.6 is 0 Å². The predicted molar refractivity (Wildman–Crippen MR) is 56.9 cm³/mol. The predicted octanol–water partition coefficient (Wildman–Crippen LogP) is 3.77. The van der Waals surface area contributed by atoms with Crippen LogP contribution in [-0.2, 0) is 4.74 Å². The average molecular weight is 184 g/mol. The fourth-order valence-corrected chi connectivity index (χ4v) is 2.32. The Kier molecular flexibility index (Phi) is 5.45. The Bertz CT molecular complexity index is 114. The second kappa shape index (κ2) is 6.42. The first kappa shape index (κ1) is 11.0. The molecule has 0 spiro atoms. The van der Waals surface area contributed by atoms with Gasteiger partial charge in [0.05, 0.1) is 6.10 Å². The summed E-state index contributed by atoms with van der Waals surface area (Å²) in [4.78, 5) is 0. The number of rotatable bonds is 5. The second-order valence-corrected chi connectivity index (χ2v) is 4.24. The van der Waals surface area contributed by atoms with E-state index in [1.165, 1.54) is 44.9 Å². The molecule has 1 aliphatic rings. The molecule has 0 N–H and O–H groups in total. The number of hydrogen-bond donors (Lipinski definition) is 0. The van der Waals surface area contributed by atoms with Gasteiger partial charge in [0.2, 0.25) is 0 Å². The standard InChI is InChI=1S/C12H24O/c1-3-5-6-11-7-9-12(10-8-11)13-4-2/h11-12H,3-10H2,1-2H3. The highest BCUT2D eigenvalue weighted by Gasteiger charge is 2.20. The summed E-state index contributed by atoms with van der Waals surface area (Å²) < 4.78 is 5.64. The molecule has 1 rings (SSSR count). The quantitative estimate of drug-likeness (QED) is 0.632. The largest absolute Gasteiger partial charge is 0.379 e. The van der Waals surface area contributed by atoms with E-state index in [0.29, 0.717) is 6.10 Å². The Balaban J connectivity index is 2.08. The first-order valence-electron chi connectivity index (χ1n) is 5.98. The Morgan fingerprint density at radius 1 is 1.08 bits per heavy atom. The summed E-state index contributed by atoms with van der Waals surface area (Å²) in [6.07, 6.45) is 10.2. The van der Waals surface area contributed by atoms with Gasteiger partial charge in [-0.25, -0.2) is 0 Å². The van der Waals surface area contributed by atoms with Crippen molar-refractivity contribution in [3.8, 4) is 0 Å². The summed E-state index contributed by atoms with van der Waals surface area (Å²) in [6, 6.07) is 0. The molecule has 0 aliphatic heterocycles. The lowest BCUT2D eigenvalue weighted by atomic mass is 9.84. The molecule has 1 aliphatic carbocycles. The highest BCUT2D eigenvalue weighted by molar-refractivity contribution is 4.72. The summed E-state index contributed by atoms with van der Waals surface area (Å²) in [7, 11) is 0. The van der Waals surface area contributed by atoms with Crippen molar-refractivity contribution in [1.29, 1.82) is 0 Å². The van der Waals surface area contributed by atoms with Gasteiger partial charge in [-0.2, -0.15) is 0 Å². The van der Waals surface area contributed by atoms with Crippen molar-refractivity contribution >= 4 is 0 Å². The monoisotopic (exact) mass is 184 g/mol. The summed E-state index contributed by atoms with van der Waals surface area (Å²) in [5.41, 5.74) is 0. The lowest BCUT2D eigenvalue weighted by Crippen LogP contribution is -2.21. The fraction of sp³-hybridized carbons (Fsp3) is 1.00. The van der Waals surface area contributed by atoms with Crippen molar-refractivity contribution in [2.75, 3.05) is 6.61 Å². The van der Waals surface area contributed by atoms with Crippen LogP contribution in [-0.4, -0.2) is 12.7 Å². The van der Waals surface area contributed by atoms with Crippen LogP contribution in [0.4, 0.5) is 0 Å². The minimum atomic E-state index is 0.586. The van der Waals surface area contributed by atoms with Gasteiger partial charge in [0, 0.05) is 6.61 Å². The Labute approximate surface area is 82.9 Å². The molecule has 0 aromatic rings. The zero-order valence-electron chi connectivity index (χ0n) is 9.22. The molecule has 1 nitrogen and oxygen atoms in total. The van der Waals surface area contributed by atoms with Crippen LogP contribution in [0.3, 0.4) is 0 Å². The van der Waals surface area contributed by atoms with E-state index in [1.54, 1.807) is 0 Å². The van der Waals surface area contributed by atoms with Gasteiger partial charge < -0.3 is 4.74 Å². The lowest BCUT2D eigenvalue weighted by Gasteiger charge is -2.28. The molecule has 1 heteroatoms. The molecule has 0 aromatic heterocycles. The van der Waals surface area contributed by atoms with Gasteiger partial charge in [0.15, 0.2) is 0 Å². The van der Waals surface area contributed by atoms with Crippen LogP contribution < -0.4 is 0 Å². The van der Waals surface area contributed by atoms with Gasteiger partial charge in [-0.3, -0.25) is 0 Å². The molecule has 0 saturated heterocycles. The molecule has 78 valence electrons. The maximum atomic E-state index is 5.64. The zero-order valence-corrected chi connectivity index (χ0v) is 9.22. The third-order valence-electron chi connectivity index (χ3n) is 3.16. The molecule has 0 heterocycles. The smallest absolute Gasteiger partial charge is 0.0575 e. The molecule has 1 saturated carbocycles. The molecule has 1 fully saturated rings. The Morgan fingerprint density at radius 2 is 1.77 bits per heavy atom. The maximum Gasteiger partial charge on any atom is 0.0575 e. The molecule has 13 heavy (non-hydrogen) atoms. The number of ether oxygens (including phenoxy) is 1. The van der Waals surface area contributed by atoms with Crippen LogP contribution in [0.5, 0.6) is 0 Å². The van der Waals surface area contributed by atoms with E-state index in [0.717, 1.165) is 12.5 Å². The highest BCUT2D eigenvalue weighted by Crippen LogP contribution is 2.29. The van der Waals surface area contributed by atoms with Crippen molar-refractivity contribution in [1.82, 2.24) is 0 Å². The second-order valence-electron chi connectivity index (χ2n) is 4.24. The third-order valence-corrected chi connectivity index (χ3v) is 3.16. The third kappa shape index (κ3) is 4.12. The van der Waals surface area contributed by atoms with E-state index in [4.69, 9.17) is 4.74 Å². The minimum absolute atomic E-state index is 0.586. The molecule has 0 aromatic carbocycles. The van der Waals surface area contributed by atoms with Crippen LogP contribution in [0.15, 0.2) is 0 Å². The molecule has 0 atom stereocenters. The van der Waals surface area contributed by atoms with E-state index in [1.807, 2.05) is 0 Å².